The Morgan fingerprint density at radius 2 is 1.67 bits per heavy atom. The van der Waals surface area contributed by atoms with E-state index in [1.165, 1.54) is 11.5 Å². The number of nitrogens with zero attached hydrogens (tertiary/aromatic N) is 2. The fourth-order valence-corrected chi connectivity index (χ4v) is 1.84. The van der Waals surface area contributed by atoms with Crippen LogP contribution >= 0.6 is 0 Å². The molecule has 0 aliphatic carbocycles. The predicted octanol–water partition coefficient (Wildman–Crippen LogP) is 6.92. The van der Waals surface area contributed by atoms with E-state index in [1.54, 1.807) is 13.0 Å². The molecule has 1 aromatic heterocycles. The third-order valence-electron chi connectivity index (χ3n) is 2.82. The van der Waals surface area contributed by atoms with Gasteiger partial charge in [-0.3, -0.25) is 17.1 Å². The Labute approximate surface area is 177 Å². The molecule has 0 unspecified atom stereocenters. The standard InChI is InChI=1S/C15H10N.C4H5N.C3H6.C2H6.Ir/c1-2-6-12(7-3-1)15-11-10-13-8-4-5-9-14(13)16-15;1-2-3-4-5;1-3-2;1-2;/h1-6,8-11H;3-4H,1H3;3H,1H2,2H3;1-2H3;/q-1;-2;;;+3. The normalized spacial score (nSPS) is 8.59. The molecule has 0 atom stereocenters. The Balaban J connectivity index is 0. The van der Waals surface area contributed by atoms with Gasteiger partial charge in [0, 0.05) is 0 Å². The topological polar surface area (TPSA) is 35.2 Å². The summed E-state index contributed by atoms with van der Waals surface area (Å²) in [5, 5.41) is 8.99. The van der Waals surface area contributed by atoms with E-state index in [9.17, 15) is 0 Å². The third kappa shape index (κ3) is 11.1. The van der Waals surface area contributed by atoms with Crippen molar-refractivity contribution in [3.8, 4) is 11.3 Å². The van der Waals surface area contributed by atoms with Crippen LogP contribution in [0.2, 0.25) is 0 Å². The van der Waals surface area contributed by atoms with E-state index in [1.807, 2.05) is 69.3 Å². The molecular formula is C24H27IrN2. The summed E-state index contributed by atoms with van der Waals surface area (Å²) in [5.41, 5.74) is 3.03. The van der Waals surface area contributed by atoms with Crippen molar-refractivity contribution in [1.82, 2.24) is 4.98 Å². The predicted molar refractivity (Wildman–Crippen MR) is 116 cm³/mol. The maximum absolute atomic E-state index is 7.82. The van der Waals surface area contributed by atoms with Crippen LogP contribution in [0, 0.1) is 12.1 Å². The molecule has 0 saturated carbocycles. The molecule has 2 aromatic carbocycles. The van der Waals surface area contributed by atoms with Gasteiger partial charge in [-0.2, -0.15) is 0 Å². The molecule has 0 radical (unpaired) electrons. The summed E-state index contributed by atoms with van der Waals surface area (Å²) in [6.45, 7) is 11.0. The maximum Gasteiger partial charge on any atom is 3.00 e. The van der Waals surface area contributed by atoms with Crippen LogP contribution in [-0.4, -0.2) is 11.2 Å². The molecule has 3 aromatic rings. The number of rotatable bonds is 2. The number of benzene rings is 2. The summed E-state index contributed by atoms with van der Waals surface area (Å²) in [7, 11) is 0. The van der Waals surface area contributed by atoms with E-state index in [4.69, 9.17) is 5.41 Å². The number of pyridine rings is 1. The second-order valence-corrected chi connectivity index (χ2v) is 4.68. The zero-order valence-corrected chi connectivity index (χ0v) is 18.8. The summed E-state index contributed by atoms with van der Waals surface area (Å²) in [6.07, 6.45) is 6.71. The monoisotopic (exact) mass is 536 g/mol. The van der Waals surface area contributed by atoms with Crippen LogP contribution in [0.15, 0.2) is 79.4 Å². The Hall–Kier alpha value is -2.35. The molecule has 0 amide bonds. The number of para-hydroxylation sites is 1. The molecule has 0 spiro atoms. The molecule has 3 heteroatoms. The average Bonchev–Trinajstić information content (AvgIpc) is 2.71. The quantitative estimate of drug-likeness (QED) is 0.199. The van der Waals surface area contributed by atoms with Gasteiger partial charge in [0.15, 0.2) is 0 Å². The van der Waals surface area contributed by atoms with E-state index in [0.29, 0.717) is 0 Å². The number of hydrogen-bond acceptors (Lipinski definition) is 1. The number of aromatic nitrogens is 1. The van der Waals surface area contributed by atoms with E-state index in [0.717, 1.165) is 23.0 Å². The van der Waals surface area contributed by atoms with Gasteiger partial charge in [0.25, 0.3) is 0 Å². The SMILES string of the molecule is C=CC.CC.C[C-]=CC=[N-].[Ir+3].[c-]1ccccc1-c1ccc2ccccc2n1. The molecule has 27 heavy (non-hydrogen) atoms. The minimum absolute atomic E-state index is 0. The second kappa shape index (κ2) is 18.4. The molecule has 1 heterocycles. The maximum atomic E-state index is 7.82. The minimum Gasteiger partial charge on any atom is -0.911 e. The molecule has 0 bridgehead atoms. The van der Waals surface area contributed by atoms with Crippen LogP contribution in [0.5, 0.6) is 0 Å². The van der Waals surface area contributed by atoms with Gasteiger partial charge >= 0.3 is 20.1 Å². The summed E-state index contributed by atoms with van der Waals surface area (Å²) in [4.78, 5) is 4.61. The third-order valence-corrected chi connectivity index (χ3v) is 2.82. The smallest absolute Gasteiger partial charge is 0.911 e. The van der Waals surface area contributed by atoms with Gasteiger partial charge in [-0.25, -0.2) is 0 Å². The van der Waals surface area contributed by atoms with Crippen molar-refractivity contribution in [2.24, 2.45) is 0 Å². The van der Waals surface area contributed by atoms with Crippen LogP contribution in [0.4, 0.5) is 0 Å². The van der Waals surface area contributed by atoms with E-state index in [2.05, 4.69) is 35.8 Å². The molecule has 0 saturated heterocycles. The first kappa shape index (κ1) is 26.9. The number of fused-ring (bicyclic) bond motifs is 1. The number of hydrogen-bond donors (Lipinski definition) is 0. The molecule has 2 nitrogen and oxygen atoms in total. The fraction of sp³-hybridized carbons (Fsp3) is 0.167. The molecule has 0 fully saturated rings. The van der Waals surface area contributed by atoms with Gasteiger partial charge in [-0.05, 0) is 24.1 Å². The summed E-state index contributed by atoms with van der Waals surface area (Å²) >= 11 is 0. The molecule has 3 rings (SSSR count). The van der Waals surface area contributed by atoms with Gasteiger partial charge in [0.1, 0.15) is 0 Å². The molecular weight excluding hydrogens is 508 g/mol. The van der Waals surface area contributed by atoms with Crippen LogP contribution in [0.3, 0.4) is 0 Å². The van der Waals surface area contributed by atoms with Crippen molar-refractivity contribution in [2.45, 2.75) is 27.7 Å². The van der Waals surface area contributed by atoms with Crippen LogP contribution in [0.1, 0.15) is 27.7 Å². The first-order valence-corrected chi connectivity index (χ1v) is 8.63. The first-order chi connectivity index (χ1) is 12.8. The molecule has 142 valence electrons. The van der Waals surface area contributed by atoms with Gasteiger partial charge in [-0.15, -0.1) is 49.4 Å². The van der Waals surface area contributed by atoms with E-state index in [-0.39, 0.29) is 20.1 Å². The zero-order valence-electron chi connectivity index (χ0n) is 16.4. The number of allylic oxidation sites excluding steroid dienone is 3. The Kier molecular flexibility index (Phi) is 18.4. The Morgan fingerprint density at radius 1 is 1.04 bits per heavy atom. The summed E-state index contributed by atoms with van der Waals surface area (Å²) < 4.78 is 0. The van der Waals surface area contributed by atoms with Crippen molar-refractivity contribution in [3.63, 3.8) is 0 Å². The van der Waals surface area contributed by atoms with Crippen LogP contribution in [-0.2, 0) is 20.1 Å². The Bertz CT molecular complexity index is 781. The fourth-order valence-electron chi connectivity index (χ4n) is 1.84. The van der Waals surface area contributed by atoms with E-state index >= 15 is 0 Å². The minimum atomic E-state index is 0. The second-order valence-electron chi connectivity index (χ2n) is 4.68. The summed E-state index contributed by atoms with van der Waals surface area (Å²) in [5.74, 6) is 0. The van der Waals surface area contributed by atoms with Gasteiger partial charge in [0.05, 0.1) is 5.52 Å². The first-order valence-electron chi connectivity index (χ1n) is 8.63. The van der Waals surface area contributed by atoms with Crippen LogP contribution < -0.4 is 0 Å². The van der Waals surface area contributed by atoms with E-state index < -0.39 is 0 Å². The van der Waals surface area contributed by atoms with Gasteiger partial charge in [-0.1, -0.05) is 50.3 Å². The zero-order chi connectivity index (χ0) is 19.6. The summed E-state index contributed by atoms with van der Waals surface area (Å²) in [6, 6.07) is 23.4. The van der Waals surface area contributed by atoms with Crippen molar-refractivity contribution in [3.05, 3.63) is 96.9 Å². The molecule has 0 aliphatic heterocycles. The van der Waals surface area contributed by atoms with Crippen molar-refractivity contribution < 1.29 is 20.1 Å². The van der Waals surface area contributed by atoms with Crippen LogP contribution in [0.25, 0.3) is 27.6 Å². The Morgan fingerprint density at radius 3 is 2.19 bits per heavy atom. The largest absolute Gasteiger partial charge is 3.00 e. The van der Waals surface area contributed by atoms with Gasteiger partial charge in [0.2, 0.25) is 0 Å². The van der Waals surface area contributed by atoms with Crippen molar-refractivity contribution >= 4 is 17.1 Å². The van der Waals surface area contributed by atoms with Crippen molar-refractivity contribution in [1.29, 1.82) is 0 Å². The van der Waals surface area contributed by atoms with Gasteiger partial charge < -0.3 is 11.6 Å². The average molecular weight is 536 g/mol. The molecule has 0 N–H and O–H groups in total. The van der Waals surface area contributed by atoms with Crippen molar-refractivity contribution in [2.75, 3.05) is 0 Å². The molecule has 0 aliphatic rings.